The number of hydrogen-bond donors (Lipinski definition) is 0. The Morgan fingerprint density at radius 2 is 1.09 bits per heavy atom. The molecule has 2 aliphatic rings. The standard InChI is InChI=1S/C11H17Si.3C7H7.Ti/c1-8-6-9(7-12)11-5-3-2-4-10(8)11;3*1-7-5-3-2-4-6-7;/h9H,2-5,7H2,1,12H3;3*2-6H,1H2;/q4*-1;+4. The van der Waals surface area contributed by atoms with Crippen molar-refractivity contribution in [2.75, 3.05) is 0 Å². The molecule has 0 fully saturated rings. The number of hydrogen-bond acceptors (Lipinski definition) is 0. The van der Waals surface area contributed by atoms with Gasteiger partial charge >= 0.3 is 21.7 Å². The molecule has 3 aromatic carbocycles. The predicted molar refractivity (Wildman–Crippen MR) is 149 cm³/mol. The van der Waals surface area contributed by atoms with Crippen LogP contribution in [0.1, 0.15) is 49.3 Å². The Labute approximate surface area is 226 Å². The molecule has 5 rings (SSSR count). The Kier molecular flexibility index (Phi) is 15.0. The Bertz CT molecular complexity index is 886. The van der Waals surface area contributed by atoms with Crippen LogP contribution in [0.3, 0.4) is 0 Å². The second-order valence-corrected chi connectivity index (χ2v) is 9.21. The molecule has 0 saturated carbocycles. The van der Waals surface area contributed by atoms with Crippen LogP contribution >= 0.6 is 0 Å². The van der Waals surface area contributed by atoms with E-state index in [1.807, 2.05) is 91.0 Å². The van der Waals surface area contributed by atoms with Crippen LogP contribution in [-0.4, -0.2) is 10.2 Å². The molecule has 3 aromatic rings. The summed E-state index contributed by atoms with van der Waals surface area (Å²) in [5.74, 6) is 0.743. The second kappa shape index (κ2) is 17.2. The zero-order valence-electron chi connectivity index (χ0n) is 20.9. The van der Waals surface area contributed by atoms with E-state index in [0.29, 0.717) is 0 Å². The summed E-state index contributed by atoms with van der Waals surface area (Å²) in [7, 11) is 1.32. The number of benzene rings is 3. The molecule has 34 heavy (non-hydrogen) atoms. The van der Waals surface area contributed by atoms with Crippen molar-refractivity contribution in [3.63, 3.8) is 0 Å². The Morgan fingerprint density at radius 3 is 1.41 bits per heavy atom. The topological polar surface area (TPSA) is 0 Å². The van der Waals surface area contributed by atoms with E-state index >= 15 is 0 Å². The van der Waals surface area contributed by atoms with Gasteiger partial charge in [-0.2, -0.15) is 85.0 Å². The van der Waals surface area contributed by atoms with Crippen molar-refractivity contribution < 1.29 is 21.7 Å². The minimum Gasteiger partial charge on any atom is -0.266 e. The zero-order valence-corrected chi connectivity index (χ0v) is 24.5. The molecule has 2 aliphatic carbocycles. The van der Waals surface area contributed by atoms with Gasteiger partial charge in [-0.25, -0.2) is 5.57 Å². The van der Waals surface area contributed by atoms with Crippen LogP contribution in [-0.2, 0) is 21.7 Å². The first kappa shape index (κ1) is 29.7. The van der Waals surface area contributed by atoms with Gasteiger partial charge in [0.25, 0.3) is 0 Å². The summed E-state index contributed by atoms with van der Waals surface area (Å²) in [6.07, 6.45) is 9.16. The Hall–Kier alpha value is -2.32. The summed E-state index contributed by atoms with van der Waals surface area (Å²) in [5, 5.41) is 0. The molecular formula is C32H38SiTi. The van der Waals surface area contributed by atoms with Gasteiger partial charge in [0.15, 0.2) is 0 Å². The first-order chi connectivity index (χ1) is 16.0. The first-order valence-electron chi connectivity index (χ1n) is 11.9. The van der Waals surface area contributed by atoms with E-state index in [4.69, 9.17) is 0 Å². The van der Waals surface area contributed by atoms with E-state index in [9.17, 15) is 0 Å². The van der Waals surface area contributed by atoms with Gasteiger partial charge in [-0.05, 0) is 6.42 Å². The van der Waals surface area contributed by atoms with Crippen LogP contribution in [0, 0.1) is 32.8 Å². The predicted octanol–water partition coefficient (Wildman–Crippen LogP) is 7.62. The van der Waals surface area contributed by atoms with E-state index < -0.39 is 0 Å². The summed E-state index contributed by atoms with van der Waals surface area (Å²) in [6, 6.07) is 31.0. The second-order valence-electron chi connectivity index (χ2n) is 8.40. The molecule has 1 unspecified atom stereocenters. The van der Waals surface area contributed by atoms with Crippen LogP contribution in [0.4, 0.5) is 0 Å². The maximum atomic E-state index is 3.72. The maximum absolute atomic E-state index is 3.72. The van der Waals surface area contributed by atoms with Crippen LogP contribution in [0.25, 0.3) is 0 Å². The Morgan fingerprint density at radius 1 is 0.706 bits per heavy atom. The molecule has 0 aromatic heterocycles. The van der Waals surface area contributed by atoms with E-state index in [2.05, 4.69) is 33.8 Å². The SMILES string of the molecule is CC1=[C-]C(C[SiH3])C2=C1CCCC2.[CH2-]c1ccccc1.[CH2-]c1ccccc1.[CH2-]c1ccccc1.[Ti+4]. The third kappa shape index (κ3) is 11.2. The zero-order chi connectivity index (χ0) is 23.9. The fourth-order valence-corrected chi connectivity index (χ4v) is 4.66. The molecule has 2 heteroatoms. The molecule has 0 bridgehead atoms. The fraction of sp³-hybridized carbons (Fsp3) is 0.219. The van der Waals surface area contributed by atoms with Crippen LogP contribution in [0.5, 0.6) is 0 Å². The first-order valence-corrected chi connectivity index (χ1v) is 13.4. The van der Waals surface area contributed by atoms with Crippen molar-refractivity contribution in [1.82, 2.24) is 0 Å². The van der Waals surface area contributed by atoms with Gasteiger partial charge in [-0.15, -0.1) is 36.4 Å². The largest absolute Gasteiger partial charge is 4.00 e. The van der Waals surface area contributed by atoms with Gasteiger partial charge in [0, 0.05) is 10.2 Å². The summed E-state index contributed by atoms with van der Waals surface area (Å²) in [5.41, 5.74) is 8.13. The van der Waals surface area contributed by atoms with Gasteiger partial charge in [-0.3, -0.25) is 6.08 Å². The minimum atomic E-state index is 0. The number of allylic oxidation sites excluding steroid dienone is 4. The molecule has 0 spiro atoms. The molecule has 0 heterocycles. The van der Waals surface area contributed by atoms with Gasteiger partial charge in [0.05, 0.1) is 0 Å². The van der Waals surface area contributed by atoms with E-state index in [1.54, 1.807) is 11.1 Å². The smallest absolute Gasteiger partial charge is 0.266 e. The minimum absolute atomic E-state index is 0. The van der Waals surface area contributed by atoms with Gasteiger partial charge in [0.2, 0.25) is 0 Å². The molecular weight excluding hydrogens is 460 g/mol. The van der Waals surface area contributed by atoms with Crippen molar-refractivity contribution in [1.29, 1.82) is 0 Å². The number of rotatable bonds is 1. The van der Waals surface area contributed by atoms with E-state index in [-0.39, 0.29) is 21.7 Å². The van der Waals surface area contributed by atoms with E-state index in [1.165, 1.54) is 47.5 Å². The third-order valence-corrected chi connectivity index (χ3v) is 6.53. The van der Waals surface area contributed by atoms with Crippen molar-refractivity contribution in [2.45, 2.75) is 38.7 Å². The summed E-state index contributed by atoms with van der Waals surface area (Å²) >= 11 is 0. The molecule has 0 N–H and O–H groups in total. The van der Waals surface area contributed by atoms with Crippen LogP contribution < -0.4 is 0 Å². The normalized spacial score (nSPS) is 15.6. The average Bonchev–Trinajstić information content (AvgIpc) is 3.18. The summed E-state index contributed by atoms with van der Waals surface area (Å²) < 4.78 is 0. The molecule has 0 amide bonds. The quantitative estimate of drug-likeness (QED) is 0.239. The maximum Gasteiger partial charge on any atom is 4.00 e. The van der Waals surface area contributed by atoms with Crippen molar-refractivity contribution in [3.8, 4) is 0 Å². The van der Waals surface area contributed by atoms with Crippen molar-refractivity contribution in [3.05, 3.63) is 151 Å². The van der Waals surface area contributed by atoms with Crippen LogP contribution in [0.2, 0.25) is 6.04 Å². The molecule has 0 radical (unpaired) electrons. The average molecular weight is 499 g/mol. The van der Waals surface area contributed by atoms with Gasteiger partial charge < -0.3 is 0 Å². The van der Waals surface area contributed by atoms with E-state index in [0.717, 1.165) is 22.6 Å². The van der Waals surface area contributed by atoms with Crippen molar-refractivity contribution >= 4 is 10.2 Å². The summed E-state index contributed by atoms with van der Waals surface area (Å²) in [4.78, 5) is 0. The molecule has 174 valence electrons. The van der Waals surface area contributed by atoms with Gasteiger partial charge in [0.1, 0.15) is 0 Å². The van der Waals surface area contributed by atoms with Crippen molar-refractivity contribution in [2.24, 2.45) is 5.92 Å². The molecule has 0 aliphatic heterocycles. The van der Waals surface area contributed by atoms with Crippen LogP contribution in [0.15, 0.2) is 108 Å². The molecule has 0 nitrogen and oxygen atoms in total. The summed E-state index contributed by atoms with van der Waals surface area (Å²) in [6.45, 7) is 13.4. The van der Waals surface area contributed by atoms with Gasteiger partial charge in [-0.1, -0.05) is 56.3 Å². The molecule has 0 saturated heterocycles. The Balaban J connectivity index is 0.000000233. The monoisotopic (exact) mass is 498 g/mol. The fourth-order valence-electron chi connectivity index (χ4n) is 3.96. The molecule has 1 atom stereocenters. The third-order valence-electron chi connectivity index (χ3n) is 5.71.